The average Bonchev–Trinajstić information content (AvgIpc) is 2.93. The van der Waals surface area contributed by atoms with Crippen LogP contribution in [0.1, 0.15) is 12.8 Å². The summed E-state index contributed by atoms with van der Waals surface area (Å²) in [7, 11) is 0. The van der Waals surface area contributed by atoms with Crippen molar-refractivity contribution in [3.8, 4) is 0 Å². The number of aromatic amines is 2. The molecule has 0 aliphatic carbocycles. The third kappa shape index (κ3) is 2.37. The largest absolute Gasteiger partial charge is 0.344 e. The molecule has 1 atom stereocenters. The summed E-state index contributed by atoms with van der Waals surface area (Å²) in [5, 5.41) is 5.42. The van der Waals surface area contributed by atoms with E-state index in [4.69, 9.17) is 12.2 Å². The Labute approximate surface area is 113 Å². The zero-order valence-corrected chi connectivity index (χ0v) is 10.8. The number of imidazole rings is 1. The van der Waals surface area contributed by atoms with Crippen LogP contribution in [0.2, 0.25) is 0 Å². The van der Waals surface area contributed by atoms with Crippen LogP contribution in [0.25, 0.3) is 11.0 Å². The van der Waals surface area contributed by atoms with Gasteiger partial charge in [-0.25, -0.2) is 0 Å². The Morgan fingerprint density at radius 2 is 2.11 bits per heavy atom. The van der Waals surface area contributed by atoms with Crippen LogP contribution >= 0.6 is 12.2 Å². The lowest BCUT2D eigenvalue weighted by Gasteiger charge is -2.10. The quantitative estimate of drug-likeness (QED) is 0.626. The molecular formula is C12H12N4O2S. The fraction of sp³-hybridized carbons (Fsp3) is 0.250. The van der Waals surface area contributed by atoms with Crippen LogP contribution < -0.4 is 10.6 Å². The molecule has 4 N–H and O–H groups in total. The van der Waals surface area contributed by atoms with Crippen LogP contribution in [0, 0.1) is 4.77 Å². The highest BCUT2D eigenvalue weighted by molar-refractivity contribution is 7.71. The van der Waals surface area contributed by atoms with Crippen molar-refractivity contribution >= 4 is 40.8 Å². The first-order valence-corrected chi connectivity index (χ1v) is 6.35. The van der Waals surface area contributed by atoms with E-state index in [1.54, 1.807) is 12.1 Å². The summed E-state index contributed by atoms with van der Waals surface area (Å²) in [6, 6.07) is 4.99. The number of hydrogen-bond acceptors (Lipinski definition) is 3. The van der Waals surface area contributed by atoms with Crippen LogP contribution in [0.15, 0.2) is 18.2 Å². The zero-order valence-electron chi connectivity index (χ0n) is 9.95. The highest BCUT2D eigenvalue weighted by Gasteiger charge is 2.27. The first-order valence-electron chi connectivity index (χ1n) is 5.94. The number of carbonyl (C=O) groups excluding carboxylic acids is 2. The van der Waals surface area contributed by atoms with E-state index in [0.29, 0.717) is 23.3 Å². The number of nitrogens with one attached hydrogen (secondary N) is 4. The van der Waals surface area contributed by atoms with Gasteiger partial charge in [-0.2, -0.15) is 0 Å². The van der Waals surface area contributed by atoms with Crippen molar-refractivity contribution in [2.24, 2.45) is 0 Å². The number of fused-ring (bicyclic) bond motifs is 1. The van der Waals surface area contributed by atoms with Crippen molar-refractivity contribution < 1.29 is 9.59 Å². The molecule has 2 amide bonds. The van der Waals surface area contributed by atoms with E-state index < -0.39 is 6.04 Å². The Balaban J connectivity index is 1.79. The second kappa shape index (κ2) is 4.51. The van der Waals surface area contributed by atoms with Crippen LogP contribution in [0.5, 0.6) is 0 Å². The Hall–Kier alpha value is -2.15. The molecule has 7 heteroatoms. The summed E-state index contributed by atoms with van der Waals surface area (Å²) in [6.07, 6.45) is 0.946. The van der Waals surface area contributed by atoms with Gasteiger partial charge in [0.15, 0.2) is 4.77 Å². The molecule has 1 unspecified atom stereocenters. The van der Waals surface area contributed by atoms with Crippen molar-refractivity contribution in [1.29, 1.82) is 0 Å². The third-order valence-electron chi connectivity index (χ3n) is 3.10. The minimum Gasteiger partial charge on any atom is -0.344 e. The molecule has 0 bridgehead atoms. The maximum atomic E-state index is 11.9. The number of carbonyl (C=O) groups is 2. The Bertz CT molecular complexity index is 718. The summed E-state index contributed by atoms with van der Waals surface area (Å²) >= 11 is 5.00. The molecule has 1 aliphatic heterocycles. The highest BCUT2D eigenvalue weighted by Crippen LogP contribution is 2.17. The lowest BCUT2D eigenvalue weighted by Crippen LogP contribution is -2.37. The molecule has 1 saturated heterocycles. The highest BCUT2D eigenvalue weighted by atomic mass is 32.1. The molecular weight excluding hydrogens is 264 g/mol. The van der Waals surface area contributed by atoms with Gasteiger partial charge in [0.25, 0.3) is 0 Å². The number of benzene rings is 1. The van der Waals surface area contributed by atoms with Crippen LogP contribution in [-0.4, -0.2) is 27.8 Å². The van der Waals surface area contributed by atoms with Crippen LogP contribution in [-0.2, 0) is 9.59 Å². The van der Waals surface area contributed by atoms with E-state index in [2.05, 4.69) is 20.6 Å². The molecule has 1 aromatic carbocycles. The molecule has 1 aromatic heterocycles. The zero-order chi connectivity index (χ0) is 13.4. The Morgan fingerprint density at radius 1 is 1.32 bits per heavy atom. The molecule has 0 spiro atoms. The normalized spacial score (nSPS) is 18.5. The fourth-order valence-electron chi connectivity index (χ4n) is 2.15. The van der Waals surface area contributed by atoms with Gasteiger partial charge in [0.2, 0.25) is 11.8 Å². The van der Waals surface area contributed by atoms with E-state index in [0.717, 1.165) is 11.0 Å². The summed E-state index contributed by atoms with van der Waals surface area (Å²) in [5.74, 6) is -0.273. The SMILES string of the molecule is O=C1CCC(C(=O)Nc2ccc3[nH]c(=S)[nH]c3c2)N1. The predicted octanol–water partition coefficient (Wildman–Crippen LogP) is 1.44. The number of anilines is 1. The average molecular weight is 276 g/mol. The molecule has 1 fully saturated rings. The first-order chi connectivity index (χ1) is 9.11. The van der Waals surface area contributed by atoms with Crippen molar-refractivity contribution in [1.82, 2.24) is 15.3 Å². The van der Waals surface area contributed by atoms with E-state index in [9.17, 15) is 9.59 Å². The van der Waals surface area contributed by atoms with E-state index in [-0.39, 0.29) is 11.8 Å². The smallest absolute Gasteiger partial charge is 0.246 e. The number of H-pyrrole nitrogens is 2. The van der Waals surface area contributed by atoms with Gasteiger partial charge in [-0.3, -0.25) is 9.59 Å². The maximum absolute atomic E-state index is 11.9. The van der Waals surface area contributed by atoms with Gasteiger partial charge in [0, 0.05) is 12.1 Å². The number of aromatic nitrogens is 2. The molecule has 2 aromatic rings. The maximum Gasteiger partial charge on any atom is 0.246 e. The number of amides is 2. The Kier molecular flexibility index (Phi) is 2.83. The van der Waals surface area contributed by atoms with Crippen molar-refractivity contribution in [3.05, 3.63) is 23.0 Å². The molecule has 0 saturated carbocycles. The summed E-state index contributed by atoms with van der Waals surface area (Å²) < 4.78 is 0.543. The van der Waals surface area contributed by atoms with Gasteiger partial charge in [-0.1, -0.05) is 0 Å². The third-order valence-corrected chi connectivity index (χ3v) is 3.30. The minimum absolute atomic E-state index is 0.0784. The standard InChI is InChI=1S/C12H12N4O2S/c17-10-4-3-8(14-10)11(18)13-6-1-2-7-9(5-6)16-12(19)15-7/h1-2,5,8H,3-4H2,(H,13,18)(H,14,17)(H2,15,16,19). The van der Waals surface area contributed by atoms with Crippen molar-refractivity contribution in [2.45, 2.75) is 18.9 Å². The number of rotatable bonds is 2. The fourth-order valence-corrected chi connectivity index (χ4v) is 2.37. The van der Waals surface area contributed by atoms with E-state index in [1.165, 1.54) is 0 Å². The summed E-state index contributed by atoms with van der Waals surface area (Å²) in [6.45, 7) is 0. The molecule has 0 radical (unpaired) electrons. The number of hydrogen-bond donors (Lipinski definition) is 4. The predicted molar refractivity (Wildman–Crippen MR) is 73.3 cm³/mol. The van der Waals surface area contributed by atoms with Gasteiger partial charge in [-0.15, -0.1) is 0 Å². The second-order valence-electron chi connectivity index (χ2n) is 4.49. The topological polar surface area (TPSA) is 89.8 Å². The summed E-state index contributed by atoms with van der Waals surface area (Å²) in [5.41, 5.74) is 2.39. The molecule has 6 nitrogen and oxygen atoms in total. The molecule has 19 heavy (non-hydrogen) atoms. The van der Waals surface area contributed by atoms with Crippen molar-refractivity contribution in [2.75, 3.05) is 5.32 Å². The van der Waals surface area contributed by atoms with Crippen LogP contribution in [0.3, 0.4) is 0 Å². The molecule has 2 heterocycles. The van der Waals surface area contributed by atoms with Gasteiger partial charge >= 0.3 is 0 Å². The van der Waals surface area contributed by atoms with Gasteiger partial charge in [0.05, 0.1) is 11.0 Å². The van der Waals surface area contributed by atoms with E-state index in [1.807, 2.05) is 6.07 Å². The summed E-state index contributed by atoms with van der Waals surface area (Å²) in [4.78, 5) is 29.0. The molecule has 98 valence electrons. The van der Waals surface area contributed by atoms with Gasteiger partial charge in [0.1, 0.15) is 6.04 Å². The van der Waals surface area contributed by atoms with Crippen LogP contribution in [0.4, 0.5) is 5.69 Å². The monoisotopic (exact) mass is 276 g/mol. The lowest BCUT2D eigenvalue weighted by atomic mass is 10.2. The van der Waals surface area contributed by atoms with E-state index >= 15 is 0 Å². The second-order valence-corrected chi connectivity index (χ2v) is 4.90. The lowest BCUT2D eigenvalue weighted by molar-refractivity contribution is -0.122. The van der Waals surface area contributed by atoms with Crippen molar-refractivity contribution in [3.63, 3.8) is 0 Å². The van der Waals surface area contributed by atoms with Gasteiger partial charge < -0.3 is 20.6 Å². The first kappa shape index (κ1) is 11.9. The Morgan fingerprint density at radius 3 is 2.84 bits per heavy atom. The molecule has 1 aliphatic rings. The molecule has 3 rings (SSSR count). The minimum atomic E-state index is -0.437. The van der Waals surface area contributed by atoms with Gasteiger partial charge in [-0.05, 0) is 36.8 Å².